The molecule has 1 aromatic carbocycles. The lowest BCUT2D eigenvalue weighted by atomic mass is 9.56. The van der Waals surface area contributed by atoms with Crippen molar-refractivity contribution in [2.24, 2.45) is 23.7 Å². The van der Waals surface area contributed by atoms with Crippen LogP contribution in [0.3, 0.4) is 0 Å². The lowest BCUT2D eigenvalue weighted by Gasteiger charge is -2.49. The van der Waals surface area contributed by atoms with Crippen LogP contribution in [0.15, 0.2) is 30.5 Å². The van der Waals surface area contributed by atoms with E-state index in [1.807, 2.05) is 13.0 Å². The average Bonchev–Trinajstić information content (AvgIpc) is 3.83. The van der Waals surface area contributed by atoms with Crippen molar-refractivity contribution in [2.45, 2.75) is 115 Å². The van der Waals surface area contributed by atoms with Gasteiger partial charge in [0.25, 0.3) is 5.91 Å². The number of carbonyl (C=O) groups is 2. The molecule has 264 valence electrons. The van der Waals surface area contributed by atoms with E-state index in [1.165, 1.54) is 30.4 Å². The van der Waals surface area contributed by atoms with Gasteiger partial charge in [-0.05, 0) is 125 Å². The third-order valence-corrected chi connectivity index (χ3v) is 12.2. The molecule has 2 amide bonds. The van der Waals surface area contributed by atoms with E-state index in [-0.39, 0.29) is 36.4 Å². The summed E-state index contributed by atoms with van der Waals surface area (Å²) in [7, 11) is 0. The maximum Gasteiger partial charge on any atom is 0.251 e. The summed E-state index contributed by atoms with van der Waals surface area (Å²) in [6.45, 7) is 10.8. The van der Waals surface area contributed by atoms with Crippen molar-refractivity contribution in [1.82, 2.24) is 41.5 Å². The van der Waals surface area contributed by atoms with E-state index >= 15 is 0 Å². The van der Waals surface area contributed by atoms with Crippen LogP contribution in [0.1, 0.15) is 118 Å². The molecule has 2 saturated carbocycles. The topological polar surface area (TPSA) is 152 Å². The summed E-state index contributed by atoms with van der Waals surface area (Å²) >= 11 is 0. The van der Waals surface area contributed by atoms with Crippen LogP contribution in [0.25, 0.3) is 0 Å². The number of nitrogens with one attached hydrogen (secondary N) is 4. The number of nitriles is 1. The summed E-state index contributed by atoms with van der Waals surface area (Å²) in [5, 5.41) is 36.6. The normalized spacial score (nSPS) is 27.7. The van der Waals surface area contributed by atoms with Crippen molar-refractivity contribution < 1.29 is 9.59 Å². The maximum atomic E-state index is 13.6. The van der Waals surface area contributed by atoms with Gasteiger partial charge in [-0.2, -0.15) is 10.5 Å². The first kappa shape index (κ1) is 35.1. The van der Waals surface area contributed by atoms with Gasteiger partial charge in [-0.15, -0.1) is 10.2 Å². The molecule has 49 heavy (non-hydrogen) atoms. The van der Waals surface area contributed by atoms with Crippen LogP contribution in [0, 0.1) is 35.0 Å². The van der Waals surface area contributed by atoms with Gasteiger partial charge in [0.2, 0.25) is 5.91 Å². The molecule has 6 atom stereocenters. The fraction of sp³-hybridized carbons (Fsp3) is 0.684. The Labute approximate surface area is 291 Å². The first-order chi connectivity index (χ1) is 23.9. The van der Waals surface area contributed by atoms with Crippen molar-refractivity contribution >= 4 is 11.8 Å². The van der Waals surface area contributed by atoms with E-state index in [2.05, 4.69) is 58.1 Å². The van der Waals surface area contributed by atoms with Crippen LogP contribution >= 0.6 is 0 Å². The van der Waals surface area contributed by atoms with Crippen LogP contribution in [0.2, 0.25) is 0 Å². The number of hydrogen-bond acceptors (Lipinski definition) is 8. The number of nitrogens with zero attached hydrogens (tertiary/aromatic N) is 5. The monoisotopic (exact) mass is 669 g/mol. The van der Waals surface area contributed by atoms with Crippen LogP contribution in [0.5, 0.6) is 0 Å². The number of carbonyl (C=O) groups excluding carboxylic acids is 2. The highest BCUT2D eigenvalue weighted by Crippen LogP contribution is 2.56. The Bertz CT molecular complexity index is 1500. The van der Waals surface area contributed by atoms with Gasteiger partial charge in [0.05, 0.1) is 18.0 Å². The van der Waals surface area contributed by atoms with Gasteiger partial charge < -0.3 is 20.9 Å². The molecule has 1 aromatic heterocycles. The minimum atomic E-state index is -0.575. The minimum absolute atomic E-state index is 0.00615. The Kier molecular flexibility index (Phi) is 11.3. The molecule has 4 aliphatic rings. The number of aryl methyl sites for hydroxylation is 1. The van der Waals surface area contributed by atoms with Gasteiger partial charge >= 0.3 is 0 Å². The summed E-state index contributed by atoms with van der Waals surface area (Å²) in [6.07, 6.45) is 13.1. The SMILES string of the molecule is C=C(NCC)C1CCC2C(CCc3cc(C(=O)NCC)ccc3C2(C[C@H](NCC(=O)N2CCCC2C#N)C2CCCCC2)c2nn[nH]n2)C1. The number of tetrazole rings is 1. The third-order valence-electron chi connectivity index (χ3n) is 12.2. The van der Waals surface area contributed by atoms with Gasteiger partial charge in [-0.25, -0.2) is 0 Å². The Morgan fingerprint density at radius 2 is 1.90 bits per heavy atom. The average molecular weight is 670 g/mol. The maximum absolute atomic E-state index is 13.6. The molecule has 4 N–H and O–H groups in total. The van der Waals surface area contributed by atoms with Crippen molar-refractivity contribution in [1.29, 1.82) is 5.26 Å². The molecule has 0 radical (unpaired) electrons. The molecule has 0 bridgehead atoms. The molecule has 11 nitrogen and oxygen atoms in total. The molecule has 2 aromatic rings. The second-order valence-electron chi connectivity index (χ2n) is 14.9. The van der Waals surface area contributed by atoms with Crippen LogP contribution in [-0.4, -0.2) is 75.6 Å². The van der Waals surface area contributed by atoms with Crippen molar-refractivity contribution in [3.8, 4) is 6.07 Å². The fourth-order valence-corrected chi connectivity index (χ4v) is 9.90. The minimum Gasteiger partial charge on any atom is -0.389 e. The molecule has 3 aliphatic carbocycles. The number of likely N-dealkylation sites (tertiary alicyclic amines) is 1. The largest absolute Gasteiger partial charge is 0.389 e. The highest BCUT2D eigenvalue weighted by atomic mass is 16.2. The van der Waals surface area contributed by atoms with Crippen molar-refractivity contribution in [2.75, 3.05) is 26.2 Å². The van der Waals surface area contributed by atoms with Gasteiger partial charge in [0.15, 0.2) is 5.82 Å². The summed E-state index contributed by atoms with van der Waals surface area (Å²) in [5.41, 5.74) is 3.60. The zero-order valence-corrected chi connectivity index (χ0v) is 29.5. The number of fused-ring (bicyclic) bond motifs is 2. The number of aromatic nitrogens is 4. The van der Waals surface area contributed by atoms with E-state index in [1.54, 1.807) is 4.90 Å². The molecule has 1 saturated heterocycles. The summed E-state index contributed by atoms with van der Waals surface area (Å²) < 4.78 is 0. The number of amides is 2. The Balaban J connectivity index is 1.43. The number of benzene rings is 1. The molecule has 1 aliphatic heterocycles. The quantitative estimate of drug-likeness (QED) is 0.252. The molecular weight excluding hydrogens is 614 g/mol. The molecule has 0 spiro atoms. The van der Waals surface area contributed by atoms with E-state index < -0.39 is 5.41 Å². The number of allylic oxidation sites excluding steroid dienone is 1. The summed E-state index contributed by atoms with van der Waals surface area (Å²) in [5.74, 6) is 2.09. The standard InChI is InChI=1S/C38H55N9O2/c1-4-40-25(3)27-15-17-32-28(20-27)13-14-29-21-30(36(49)41-5-2)16-18-33(29)38(32,37-43-45-46-44-37)22-34(26-10-7-6-8-11-26)42-24-35(48)47-19-9-12-31(47)23-39/h16,18,21,26-28,31-32,34,40,42H,3-15,17,19-20,22,24H2,1-2H3,(H,41,49)(H,43,44,45,46)/t27?,28?,31?,32?,34-,38?/m0/s1. The molecule has 2 heterocycles. The van der Waals surface area contributed by atoms with E-state index in [9.17, 15) is 14.9 Å². The van der Waals surface area contributed by atoms with Gasteiger partial charge in [0, 0.05) is 36.9 Å². The zero-order valence-electron chi connectivity index (χ0n) is 29.5. The molecular formula is C38H55N9O2. The van der Waals surface area contributed by atoms with Crippen molar-refractivity contribution in [3.63, 3.8) is 0 Å². The van der Waals surface area contributed by atoms with Gasteiger partial charge in [-0.1, -0.05) is 37.1 Å². The Morgan fingerprint density at radius 3 is 2.63 bits per heavy atom. The second-order valence-corrected chi connectivity index (χ2v) is 14.9. The molecule has 11 heteroatoms. The molecule has 6 rings (SSSR count). The highest BCUT2D eigenvalue weighted by Gasteiger charge is 2.54. The van der Waals surface area contributed by atoms with Gasteiger partial charge in [0.1, 0.15) is 6.04 Å². The second kappa shape index (κ2) is 15.8. The Morgan fingerprint density at radius 1 is 1.08 bits per heavy atom. The van der Waals surface area contributed by atoms with Crippen LogP contribution in [-0.2, 0) is 16.6 Å². The number of H-pyrrole nitrogens is 1. The zero-order chi connectivity index (χ0) is 34.4. The fourth-order valence-electron chi connectivity index (χ4n) is 9.90. The molecule has 3 fully saturated rings. The van der Waals surface area contributed by atoms with Crippen LogP contribution in [0.4, 0.5) is 0 Å². The van der Waals surface area contributed by atoms with Crippen molar-refractivity contribution in [3.05, 3.63) is 53.0 Å². The molecule has 5 unspecified atom stereocenters. The number of hydrogen-bond donors (Lipinski definition) is 4. The van der Waals surface area contributed by atoms with E-state index in [4.69, 9.17) is 10.2 Å². The predicted molar refractivity (Wildman–Crippen MR) is 188 cm³/mol. The summed E-state index contributed by atoms with van der Waals surface area (Å²) in [6, 6.07) is 8.28. The summed E-state index contributed by atoms with van der Waals surface area (Å²) in [4.78, 5) is 28.5. The van der Waals surface area contributed by atoms with E-state index in [0.29, 0.717) is 42.2 Å². The number of aromatic amines is 1. The van der Waals surface area contributed by atoms with Gasteiger partial charge in [-0.3, -0.25) is 9.59 Å². The lowest BCUT2D eigenvalue weighted by Crippen LogP contribution is -2.52. The Hall–Kier alpha value is -3.78. The predicted octanol–water partition coefficient (Wildman–Crippen LogP) is 4.78. The lowest BCUT2D eigenvalue weighted by molar-refractivity contribution is -0.130. The number of rotatable bonds is 12. The highest BCUT2D eigenvalue weighted by molar-refractivity contribution is 5.94. The smallest absolute Gasteiger partial charge is 0.251 e. The third kappa shape index (κ3) is 7.26. The first-order valence-corrected chi connectivity index (χ1v) is 18.9. The van der Waals surface area contributed by atoms with E-state index in [0.717, 1.165) is 76.5 Å². The van der Waals surface area contributed by atoms with Crippen LogP contribution < -0.4 is 16.0 Å². The first-order valence-electron chi connectivity index (χ1n) is 18.9.